The lowest BCUT2D eigenvalue weighted by molar-refractivity contribution is -0.116. The minimum Gasteiger partial charge on any atom is -0.339 e. The molecule has 3 aromatic heterocycles. The third-order valence-electron chi connectivity index (χ3n) is 5.44. The molecule has 9 nitrogen and oxygen atoms in total. The van der Waals surface area contributed by atoms with Gasteiger partial charge in [-0.05, 0) is 37.1 Å². The van der Waals surface area contributed by atoms with Crippen molar-refractivity contribution in [3.63, 3.8) is 0 Å². The summed E-state index contributed by atoms with van der Waals surface area (Å²) in [6.45, 7) is 0.929. The van der Waals surface area contributed by atoms with Gasteiger partial charge in [-0.3, -0.25) is 9.78 Å². The average Bonchev–Trinajstić information content (AvgIpc) is 3.40. The molecule has 1 aromatic carbocycles. The minimum absolute atomic E-state index is 0.125. The second-order valence-electron chi connectivity index (χ2n) is 7.76. The number of aryl methyl sites for hydroxylation is 2. The van der Waals surface area contributed by atoms with E-state index in [1.807, 2.05) is 42.5 Å². The fourth-order valence-electron chi connectivity index (χ4n) is 3.83. The van der Waals surface area contributed by atoms with Crippen molar-refractivity contribution < 1.29 is 9.32 Å². The van der Waals surface area contributed by atoms with Crippen LogP contribution in [0.1, 0.15) is 37.4 Å². The summed E-state index contributed by atoms with van der Waals surface area (Å²) in [5.74, 6) is 2.59. The van der Waals surface area contributed by atoms with Crippen LogP contribution in [-0.4, -0.2) is 35.8 Å². The van der Waals surface area contributed by atoms with Crippen LogP contribution in [0, 0.1) is 0 Å². The van der Waals surface area contributed by atoms with E-state index in [0.717, 1.165) is 48.7 Å². The van der Waals surface area contributed by atoms with E-state index >= 15 is 0 Å². The van der Waals surface area contributed by atoms with E-state index in [4.69, 9.17) is 4.52 Å². The molecule has 0 radical (unpaired) electrons. The molecule has 4 heterocycles. The van der Waals surface area contributed by atoms with Crippen LogP contribution in [0.25, 0.3) is 22.9 Å². The Hall–Kier alpha value is -3.88. The zero-order valence-corrected chi connectivity index (χ0v) is 17.6. The van der Waals surface area contributed by atoms with Crippen LogP contribution in [-0.2, 0) is 24.2 Å². The molecule has 0 spiro atoms. The van der Waals surface area contributed by atoms with Gasteiger partial charge in [0.1, 0.15) is 11.5 Å². The molecule has 1 aliphatic heterocycles. The molecule has 0 fully saturated rings. The second kappa shape index (κ2) is 9.09. The van der Waals surface area contributed by atoms with Crippen LogP contribution in [0.2, 0.25) is 0 Å². The maximum Gasteiger partial charge on any atom is 0.227 e. The number of aromatic nitrogens is 6. The third kappa shape index (κ3) is 4.41. The summed E-state index contributed by atoms with van der Waals surface area (Å²) in [6.07, 6.45) is 6.70. The Morgan fingerprint density at radius 2 is 2.06 bits per heavy atom. The Labute approximate surface area is 184 Å². The molecule has 9 heteroatoms. The van der Waals surface area contributed by atoms with Crippen molar-refractivity contribution >= 4 is 11.6 Å². The molecule has 32 heavy (non-hydrogen) atoms. The first-order valence-electron chi connectivity index (χ1n) is 10.8. The average molecular weight is 429 g/mol. The predicted molar refractivity (Wildman–Crippen MR) is 117 cm³/mol. The second-order valence-corrected chi connectivity index (χ2v) is 7.76. The molecule has 162 valence electrons. The molecule has 0 unspecified atom stereocenters. The van der Waals surface area contributed by atoms with E-state index in [-0.39, 0.29) is 12.3 Å². The maximum absolute atomic E-state index is 12.5. The topological polar surface area (TPSA) is 112 Å². The number of carbonyl (C=O) groups excluding carboxylic acids is 1. The van der Waals surface area contributed by atoms with Crippen molar-refractivity contribution in [2.45, 2.75) is 45.1 Å². The minimum atomic E-state index is -0.125. The SMILES string of the molecule is O=C(CCc1nc(-c2ccccn2)no1)Nc1cccc(-c2nnc3n2CCCCC3)c1. The molecule has 0 atom stereocenters. The highest BCUT2D eigenvalue weighted by Crippen LogP contribution is 2.25. The van der Waals surface area contributed by atoms with Crippen molar-refractivity contribution in [3.05, 3.63) is 60.4 Å². The summed E-state index contributed by atoms with van der Waals surface area (Å²) in [5.41, 5.74) is 2.30. The quantitative estimate of drug-likeness (QED) is 0.497. The predicted octanol–water partition coefficient (Wildman–Crippen LogP) is 3.69. The number of rotatable bonds is 6. The molecule has 1 N–H and O–H groups in total. The molecular formula is C23H23N7O2. The number of hydrogen-bond acceptors (Lipinski definition) is 7. The van der Waals surface area contributed by atoms with E-state index in [1.165, 1.54) is 6.42 Å². The van der Waals surface area contributed by atoms with Gasteiger partial charge in [-0.1, -0.05) is 29.8 Å². The van der Waals surface area contributed by atoms with Crippen molar-refractivity contribution in [2.75, 3.05) is 5.32 Å². The number of pyridine rings is 1. The summed E-state index contributed by atoms with van der Waals surface area (Å²) in [4.78, 5) is 21.0. The van der Waals surface area contributed by atoms with Gasteiger partial charge in [0.25, 0.3) is 0 Å². The van der Waals surface area contributed by atoms with Crippen molar-refractivity contribution in [1.82, 2.24) is 29.9 Å². The van der Waals surface area contributed by atoms with Crippen LogP contribution < -0.4 is 5.32 Å². The summed E-state index contributed by atoms with van der Waals surface area (Å²) in [7, 11) is 0. The smallest absolute Gasteiger partial charge is 0.227 e. The number of amides is 1. The summed E-state index contributed by atoms with van der Waals surface area (Å²) < 4.78 is 7.45. The Morgan fingerprint density at radius 1 is 1.09 bits per heavy atom. The third-order valence-corrected chi connectivity index (χ3v) is 5.44. The van der Waals surface area contributed by atoms with Crippen LogP contribution in [0.3, 0.4) is 0 Å². The number of benzene rings is 1. The van der Waals surface area contributed by atoms with E-state index in [1.54, 1.807) is 6.20 Å². The Bertz CT molecular complexity index is 1220. The molecule has 5 rings (SSSR count). The maximum atomic E-state index is 12.5. The van der Waals surface area contributed by atoms with Gasteiger partial charge in [0.15, 0.2) is 5.82 Å². The number of anilines is 1. The fraction of sp³-hybridized carbons (Fsp3) is 0.304. The first kappa shape index (κ1) is 20.0. The van der Waals surface area contributed by atoms with Gasteiger partial charge in [-0.15, -0.1) is 10.2 Å². The summed E-state index contributed by atoms with van der Waals surface area (Å²) in [5, 5.41) is 15.7. The Balaban J connectivity index is 1.22. The molecule has 0 saturated heterocycles. The zero-order chi connectivity index (χ0) is 21.8. The highest BCUT2D eigenvalue weighted by atomic mass is 16.5. The van der Waals surface area contributed by atoms with Gasteiger partial charge in [0, 0.05) is 43.3 Å². The molecule has 0 aliphatic carbocycles. The van der Waals surface area contributed by atoms with E-state index < -0.39 is 0 Å². The lowest BCUT2D eigenvalue weighted by atomic mass is 10.1. The van der Waals surface area contributed by atoms with Gasteiger partial charge in [-0.25, -0.2) is 0 Å². The molecule has 1 aliphatic rings. The summed E-state index contributed by atoms with van der Waals surface area (Å²) >= 11 is 0. The van der Waals surface area contributed by atoms with Crippen LogP contribution in [0.5, 0.6) is 0 Å². The van der Waals surface area contributed by atoms with Gasteiger partial charge in [0.2, 0.25) is 17.6 Å². The van der Waals surface area contributed by atoms with E-state index in [0.29, 0.717) is 23.8 Å². The molecule has 0 bridgehead atoms. The Kier molecular flexibility index (Phi) is 5.69. The number of carbonyl (C=O) groups is 1. The van der Waals surface area contributed by atoms with Gasteiger partial charge in [-0.2, -0.15) is 4.98 Å². The Morgan fingerprint density at radius 3 is 2.97 bits per heavy atom. The van der Waals surface area contributed by atoms with Crippen molar-refractivity contribution in [3.8, 4) is 22.9 Å². The lowest BCUT2D eigenvalue weighted by Gasteiger charge is -2.09. The fourth-order valence-corrected chi connectivity index (χ4v) is 3.83. The van der Waals surface area contributed by atoms with Gasteiger partial charge in [0.05, 0.1) is 0 Å². The van der Waals surface area contributed by atoms with Crippen LogP contribution in [0.15, 0.2) is 53.2 Å². The van der Waals surface area contributed by atoms with Gasteiger partial charge >= 0.3 is 0 Å². The normalized spacial score (nSPS) is 13.4. The largest absolute Gasteiger partial charge is 0.339 e. The molecule has 4 aromatic rings. The first-order chi connectivity index (χ1) is 15.8. The zero-order valence-electron chi connectivity index (χ0n) is 17.6. The number of fused-ring (bicyclic) bond motifs is 1. The number of nitrogens with one attached hydrogen (secondary N) is 1. The molecule has 0 saturated carbocycles. The number of nitrogens with zero attached hydrogens (tertiary/aromatic N) is 6. The van der Waals surface area contributed by atoms with Crippen molar-refractivity contribution in [2.24, 2.45) is 0 Å². The monoisotopic (exact) mass is 429 g/mol. The van der Waals surface area contributed by atoms with E-state index in [2.05, 4.69) is 35.2 Å². The van der Waals surface area contributed by atoms with Gasteiger partial charge < -0.3 is 14.4 Å². The lowest BCUT2D eigenvalue weighted by Crippen LogP contribution is -2.12. The molecule has 1 amide bonds. The standard InChI is InChI=1S/C23H23N7O2/c31-20(11-12-21-26-22(29-32-21)18-9-3-4-13-24-18)25-17-8-6-7-16(15-17)23-28-27-19-10-2-1-5-14-30(19)23/h3-4,6-9,13,15H,1-2,5,10-12,14H2,(H,25,31). The van der Waals surface area contributed by atoms with Crippen LogP contribution >= 0.6 is 0 Å². The number of hydrogen-bond donors (Lipinski definition) is 1. The molecular weight excluding hydrogens is 406 g/mol. The summed E-state index contributed by atoms with van der Waals surface area (Å²) in [6, 6.07) is 13.2. The first-order valence-corrected chi connectivity index (χ1v) is 10.8. The van der Waals surface area contributed by atoms with E-state index in [9.17, 15) is 4.79 Å². The van der Waals surface area contributed by atoms with Crippen molar-refractivity contribution in [1.29, 1.82) is 0 Å². The van der Waals surface area contributed by atoms with Crippen LogP contribution in [0.4, 0.5) is 5.69 Å². The highest BCUT2D eigenvalue weighted by molar-refractivity contribution is 5.91. The highest BCUT2D eigenvalue weighted by Gasteiger charge is 2.17.